The minimum absolute atomic E-state index is 0.0202. The number of ketones is 1. The first-order valence-corrected chi connectivity index (χ1v) is 11.7. The Morgan fingerprint density at radius 3 is 2.49 bits per heavy atom. The summed E-state index contributed by atoms with van der Waals surface area (Å²) in [6.07, 6.45) is -0.755. The second-order valence-electron chi connectivity index (χ2n) is 7.60. The lowest BCUT2D eigenvalue weighted by atomic mass is 10.0. The average molecular weight is 548 g/mol. The van der Waals surface area contributed by atoms with Gasteiger partial charge in [-0.25, -0.2) is 9.37 Å². The molecule has 0 saturated heterocycles. The monoisotopic (exact) mass is 547 g/mol. The fourth-order valence-corrected chi connectivity index (χ4v) is 3.60. The zero-order chi connectivity index (χ0) is 25.2. The van der Waals surface area contributed by atoms with Crippen LogP contribution in [-0.4, -0.2) is 43.3 Å². The maximum atomic E-state index is 13.3. The molecule has 2 aromatic carbocycles. The van der Waals surface area contributed by atoms with Gasteiger partial charge in [-0.2, -0.15) is 0 Å². The Kier molecular flexibility index (Phi) is 10.0. The van der Waals surface area contributed by atoms with Crippen molar-refractivity contribution in [2.24, 2.45) is 0 Å². The quantitative estimate of drug-likeness (QED) is 0.176. The predicted molar refractivity (Wildman–Crippen MR) is 132 cm³/mol. The van der Waals surface area contributed by atoms with Crippen LogP contribution in [0.5, 0.6) is 17.2 Å². The molecule has 35 heavy (non-hydrogen) atoms. The minimum atomic E-state index is -0.988. The molecule has 3 aromatic rings. The Balaban J connectivity index is 1.47. The van der Waals surface area contributed by atoms with Gasteiger partial charge in [0.25, 0.3) is 0 Å². The van der Waals surface area contributed by atoms with Gasteiger partial charge in [-0.05, 0) is 70.4 Å². The van der Waals surface area contributed by atoms with E-state index < -0.39 is 11.9 Å². The number of nitrogens with zero attached hydrogens (tertiary/aromatic N) is 1. The van der Waals surface area contributed by atoms with Gasteiger partial charge < -0.3 is 24.1 Å². The first kappa shape index (κ1) is 26.6. The van der Waals surface area contributed by atoms with Crippen LogP contribution in [0.15, 0.2) is 59.2 Å². The highest BCUT2D eigenvalue weighted by atomic mass is 79.9. The maximum Gasteiger partial charge on any atom is 0.163 e. The summed E-state index contributed by atoms with van der Waals surface area (Å²) in [6.45, 7) is 1.14. The van der Waals surface area contributed by atoms with Crippen molar-refractivity contribution in [3.63, 3.8) is 0 Å². The van der Waals surface area contributed by atoms with Crippen LogP contribution in [0.25, 0.3) is 0 Å². The average Bonchev–Trinajstić information content (AvgIpc) is 2.88. The summed E-state index contributed by atoms with van der Waals surface area (Å²) in [5, 5.41) is 10.3. The maximum absolute atomic E-state index is 13.3. The topological polar surface area (TPSA) is 87.1 Å². The number of hydrogen-bond donors (Lipinski definition) is 1. The van der Waals surface area contributed by atoms with Crippen LogP contribution in [0, 0.1) is 5.82 Å². The molecule has 1 heterocycles. The lowest BCUT2D eigenvalue weighted by Gasteiger charge is -2.13. The van der Waals surface area contributed by atoms with Crippen LogP contribution in [0.2, 0.25) is 0 Å². The summed E-state index contributed by atoms with van der Waals surface area (Å²) >= 11 is 2.99. The largest absolute Gasteiger partial charge is 0.497 e. The van der Waals surface area contributed by atoms with Gasteiger partial charge in [-0.3, -0.25) is 4.79 Å². The number of Topliss-reactive ketones (excluding diaryl/α,β-unsaturated/α-hetero) is 1. The number of hydrogen-bond acceptors (Lipinski definition) is 7. The summed E-state index contributed by atoms with van der Waals surface area (Å²) in [7, 11) is 3.12. The smallest absolute Gasteiger partial charge is 0.163 e. The zero-order valence-corrected chi connectivity index (χ0v) is 21.1. The molecule has 0 spiro atoms. The van der Waals surface area contributed by atoms with Crippen molar-refractivity contribution in [3.8, 4) is 17.2 Å². The number of benzene rings is 2. The van der Waals surface area contributed by atoms with Crippen molar-refractivity contribution in [1.29, 1.82) is 0 Å². The SMILES string of the molecule is COc1ccc(COCCOc2ccc(C(=O)CCC(O)c3ccc(F)c(Br)n3)cc2OC)cc1. The third kappa shape index (κ3) is 7.74. The van der Waals surface area contributed by atoms with Crippen LogP contribution in [0.4, 0.5) is 4.39 Å². The number of pyridine rings is 1. The van der Waals surface area contributed by atoms with E-state index in [1.54, 1.807) is 25.3 Å². The fourth-order valence-electron chi connectivity index (χ4n) is 3.26. The molecule has 0 aliphatic carbocycles. The number of carbonyl (C=O) groups excluding carboxylic acids is 1. The van der Waals surface area contributed by atoms with Crippen molar-refractivity contribution in [1.82, 2.24) is 4.98 Å². The van der Waals surface area contributed by atoms with Crippen LogP contribution >= 0.6 is 15.9 Å². The molecule has 0 aliphatic heterocycles. The van der Waals surface area contributed by atoms with E-state index in [0.717, 1.165) is 11.3 Å². The molecule has 7 nitrogen and oxygen atoms in total. The van der Waals surface area contributed by atoms with E-state index in [1.807, 2.05) is 24.3 Å². The Labute approximate surface area is 211 Å². The van der Waals surface area contributed by atoms with Crippen LogP contribution in [0.1, 0.15) is 40.6 Å². The molecule has 1 unspecified atom stereocenters. The zero-order valence-electron chi connectivity index (χ0n) is 19.5. The molecule has 0 fully saturated rings. The Bertz CT molecular complexity index is 1130. The number of halogens is 2. The molecule has 0 bridgehead atoms. The third-order valence-corrected chi connectivity index (χ3v) is 5.77. The summed E-state index contributed by atoms with van der Waals surface area (Å²) in [5.74, 6) is 1.03. The van der Waals surface area contributed by atoms with Gasteiger partial charge in [-0.1, -0.05) is 12.1 Å². The van der Waals surface area contributed by atoms with Gasteiger partial charge in [-0.15, -0.1) is 0 Å². The van der Waals surface area contributed by atoms with Gasteiger partial charge >= 0.3 is 0 Å². The number of carbonyl (C=O) groups is 1. The number of rotatable bonds is 13. The summed E-state index contributed by atoms with van der Waals surface area (Å²) in [5.41, 5.74) is 1.76. The van der Waals surface area contributed by atoms with Crippen molar-refractivity contribution in [2.45, 2.75) is 25.6 Å². The van der Waals surface area contributed by atoms with E-state index in [4.69, 9.17) is 18.9 Å². The Morgan fingerprint density at radius 2 is 1.80 bits per heavy atom. The molecule has 186 valence electrons. The molecule has 1 atom stereocenters. The molecule has 3 rings (SSSR count). The van der Waals surface area contributed by atoms with Gasteiger partial charge in [0.15, 0.2) is 23.1 Å². The molecule has 0 radical (unpaired) electrons. The minimum Gasteiger partial charge on any atom is -0.497 e. The van der Waals surface area contributed by atoms with Gasteiger partial charge in [0.2, 0.25) is 0 Å². The molecule has 9 heteroatoms. The van der Waals surface area contributed by atoms with Crippen LogP contribution in [0.3, 0.4) is 0 Å². The van der Waals surface area contributed by atoms with Crippen molar-refractivity contribution >= 4 is 21.7 Å². The number of aliphatic hydroxyl groups is 1. The van der Waals surface area contributed by atoms with E-state index in [0.29, 0.717) is 42.6 Å². The molecule has 0 amide bonds. The summed E-state index contributed by atoms with van der Waals surface area (Å²) in [4.78, 5) is 16.6. The molecular formula is C26H27BrFNO6. The van der Waals surface area contributed by atoms with Gasteiger partial charge in [0, 0.05) is 12.0 Å². The van der Waals surface area contributed by atoms with Crippen molar-refractivity contribution in [2.75, 3.05) is 27.4 Å². The van der Waals surface area contributed by atoms with Gasteiger partial charge in [0.05, 0.1) is 39.2 Å². The molecule has 1 aromatic heterocycles. The molecular weight excluding hydrogens is 521 g/mol. The van der Waals surface area contributed by atoms with E-state index in [1.165, 1.54) is 19.2 Å². The predicted octanol–water partition coefficient (Wildman–Crippen LogP) is 5.29. The van der Waals surface area contributed by atoms with Crippen LogP contribution < -0.4 is 14.2 Å². The van der Waals surface area contributed by atoms with Crippen molar-refractivity contribution < 1.29 is 33.2 Å². The Morgan fingerprint density at radius 1 is 1.03 bits per heavy atom. The summed E-state index contributed by atoms with van der Waals surface area (Å²) < 4.78 is 35.3. The van der Waals surface area contributed by atoms with E-state index >= 15 is 0 Å². The number of aliphatic hydroxyl groups excluding tert-OH is 1. The molecule has 1 N–H and O–H groups in total. The first-order valence-electron chi connectivity index (χ1n) is 11.0. The van der Waals surface area contributed by atoms with Crippen molar-refractivity contribution in [3.05, 3.63) is 81.8 Å². The normalized spacial score (nSPS) is 11.7. The van der Waals surface area contributed by atoms with E-state index in [-0.39, 0.29) is 23.2 Å². The van der Waals surface area contributed by atoms with E-state index in [9.17, 15) is 14.3 Å². The fraction of sp³-hybridized carbons (Fsp3) is 0.308. The highest BCUT2D eigenvalue weighted by Crippen LogP contribution is 2.29. The van der Waals surface area contributed by atoms with E-state index in [2.05, 4.69) is 20.9 Å². The molecule has 0 saturated carbocycles. The highest BCUT2D eigenvalue weighted by Gasteiger charge is 2.16. The lowest BCUT2D eigenvalue weighted by Crippen LogP contribution is -2.09. The first-order chi connectivity index (χ1) is 16.9. The number of ether oxygens (including phenoxy) is 4. The highest BCUT2D eigenvalue weighted by molar-refractivity contribution is 9.10. The number of aromatic nitrogens is 1. The standard InChI is InChI=1S/C26H27BrFNO6/c1-32-19-6-3-17(4-7-19)16-34-13-14-35-24-12-5-18(15-25(24)33-2)22(30)10-11-23(31)21-9-8-20(28)26(27)29-21/h3-9,12,15,23,31H,10-11,13-14,16H2,1-2H3. The molecule has 0 aliphatic rings. The summed E-state index contributed by atoms with van der Waals surface area (Å²) in [6, 6.07) is 15.2. The van der Waals surface area contributed by atoms with Crippen LogP contribution in [-0.2, 0) is 11.3 Å². The number of methoxy groups -OCH3 is 2. The third-order valence-electron chi connectivity index (χ3n) is 5.21. The van der Waals surface area contributed by atoms with Gasteiger partial charge in [0.1, 0.15) is 17.0 Å². The lowest BCUT2D eigenvalue weighted by molar-refractivity contribution is 0.0878. The Hall–Kier alpha value is -3.01. The second-order valence-corrected chi connectivity index (χ2v) is 8.35. The second kappa shape index (κ2) is 13.2.